The number of rotatable bonds is 2. The van der Waals surface area contributed by atoms with Gasteiger partial charge in [0.15, 0.2) is 0 Å². The number of amides is 1. The highest BCUT2D eigenvalue weighted by Crippen LogP contribution is 2.25. The van der Waals surface area contributed by atoms with Crippen LogP contribution in [0.5, 0.6) is 0 Å². The summed E-state index contributed by atoms with van der Waals surface area (Å²) in [6, 6.07) is 5.36. The summed E-state index contributed by atoms with van der Waals surface area (Å²) in [7, 11) is 0. The third-order valence-corrected chi connectivity index (χ3v) is 2.06. The molecule has 0 radical (unpaired) electrons. The summed E-state index contributed by atoms with van der Waals surface area (Å²) in [5, 5.41) is 3.26. The van der Waals surface area contributed by atoms with E-state index in [1.54, 1.807) is 12.1 Å². The van der Waals surface area contributed by atoms with Crippen molar-refractivity contribution < 1.29 is 4.79 Å². The molecular formula is C11H12ClNO. The van der Waals surface area contributed by atoms with Crippen molar-refractivity contribution in [1.82, 2.24) is 0 Å². The van der Waals surface area contributed by atoms with Crippen LogP contribution in [0.1, 0.15) is 19.4 Å². The molecule has 0 fully saturated rings. The van der Waals surface area contributed by atoms with Crippen molar-refractivity contribution in [3.63, 3.8) is 0 Å². The molecule has 1 amide bonds. The van der Waals surface area contributed by atoms with Gasteiger partial charge in [-0.3, -0.25) is 4.79 Å². The van der Waals surface area contributed by atoms with Crippen LogP contribution in [-0.2, 0) is 4.79 Å². The fourth-order valence-corrected chi connectivity index (χ4v) is 1.48. The molecule has 0 aliphatic carbocycles. The Morgan fingerprint density at radius 2 is 2.07 bits per heavy atom. The molecule has 2 nitrogen and oxygen atoms in total. The van der Waals surface area contributed by atoms with Crippen molar-refractivity contribution >= 4 is 28.8 Å². The van der Waals surface area contributed by atoms with Gasteiger partial charge >= 0.3 is 0 Å². The summed E-state index contributed by atoms with van der Waals surface area (Å²) in [6.45, 7) is 7.15. The monoisotopic (exact) mass is 209 g/mol. The van der Waals surface area contributed by atoms with Gasteiger partial charge in [-0.1, -0.05) is 24.2 Å². The number of carbonyl (C=O) groups excluding carboxylic acids is 1. The molecule has 14 heavy (non-hydrogen) atoms. The Morgan fingerprint density at radius 1 is 1.43 bits per heavy atom. The summed E-state index contributed by atoms with van der Waals surface area (Å²) in [4.78, 5) is 10.8. The molecule has 0 atom stereocenters. The predicted molar refractivity (Wildman–Crippen MR) is 60.5 cm³/mol. The van der Waals surface area contributed by atoms with Gasteiger partial charge in [-0.05, 0) is 30.2 Å². The van der Waals surface area contributed by atoms with Crippen LogP contribution in [0.25, 0.3) is 5.57 Å². The first kappa shape index (κ1) is 10.8. The van der Waals surface area contributed by atoms with Crippen LogP contribution in [0, 0.1) is 0 Å². The van der Waals surface area contributed by atoms with E-state index in [2.05, 4.69) is 11.9 Å². The molecule has 1 rings (SSSR count). The van der Waals surface area contributed by atoms with Gasteiger partial charge in [-0.2, -0.15) is 0 Å². The Kier molecular flexibility index (Phi) is 3.31. The SMILES string of the molecule is C=C(C)c1ccc(NC(C)=O)cc1Cl. The van der Waals surface area contributed by atoms with Gasteiger partial charge in [0.1, 0.15) is 0 Å². The molecule has 0 heterocycles. The molecular weight excluding hydrogens is 198 g/mol. The lowest BCUT2D eigenvalue weighted by molar-refractivity contribution is -0.114. The van der Waals surface area contributed by atoms with E-state index >= 15 is 0 Å². The van der Waals surface area contributed by atoms with Gasteiger partial charge in [-0.25, -0.2) is 0 Å². The van der Waals surface area contributed by atoms with Crippen molar-refractivity contribution in [2.24, 2.45) is 0 Å². The molecule has 74 valence electrons. The minimum atomic E-state index is -0.107. The third kappa shape index (κ3) is 2.60. The van der Waals surface area contributed by atoms with Crippen molar-refractivity contribution in [2.45, 2.75) is 13.8 Å². The minimum Gasteiger partial charge on any atom is -0.326 e. The van der Waals surface area contributed by atoms with Crippen LogP contribution >= 0.6 is 11.6 Å². The summed E-state index contributed by atoms with van der Waals surface area (Å²) in [6.07, 6.45) is 0. The quantitative estimate of drug-likeness (QED) is 0.796. The van der Waals surface area contributed by atoms with Crippen LogP contribution in [-0.4, -0.2) is 5.91 Å². The van der Waals surface area contributed by atoms with Gasteiger partial charge in [0.2, 0.25) is 5.91 Å². The van der Waals surface area contributed by atoms with Gasteiger partial charge in [0.05, 0.1) is 5.02 Å². The summed E-state index contributed by atoms with van der Waals surface area (Å²) < 4.78 is 0. The second-order valence-corrected chi connectivity index (χ2v) is 3.56. The zero-order chi connectivity index (χ0) is 10.7. The Bertz CT molecular complexity index is 385. The number of carbonyl (C=O) groups is 1. The Labute approximate surface area is 88.6 Å². The number of allylic oxidation sites excluding steroid dienone is 1. The smallest absolute Gasteiger partial charge is 0.221 e. The van der Waals surface area contributed by atoms with Crippen molar-refractivity contribution in [2.75, 3.05) is 5.32 Å². The summed E-state index contributed by atoms with van der Waals surface area (Å²) in [5.74, 6) is -0.107. The maximum atomic E-state index is 10.8. The lowest BCUT2D eigenvalue weighted by Crippen LogP contribution is -2.05. The average Bonchev–Trinajstić information content (AvgIpc) is 2.01. The fourth-order valence-electron chi connectivity index (χ4n) is 1.14. The molecule has 0 aliphatic heterocycles. The van der Waals surface area contributed by atoms with Crippen LogP contribution in [0.3, 0.4) is 0 Å². The van der Waals surface area contributed by atoms with E-state index in [0.29, 0.717) is 10.7 Å². The zero-order valence-electron chi connectivity index (χ0n) is 8.23. The Hall–Kier alpha value is -1.28. The second-order valence-electron chi connectivity index (χ2n) is 3.16. The van der Waals surface area contributed by atoms with E-state index in [9.17, 15) is 4.79 Å². The fraction of sp³-hybridized carbons (Fsp3) is 0.182. The highest BCUT2D eigenvalue weighted by Gasteiger charge is 2.02. The molecule has 0 spiro atoms. The molecule has 0 bridgehead atoms. The van der Waals surface area contributed by atoms with Crippen LogP contribution in [0.4, 0.5) is 5.69 Å². The first-order chi connectivity index (χ1) is 6.50. The highest BCUT2D eigenvalue weighted by atomic mass is 35.5. The molecule has 0 unspecified atom stereocenters. The maximum absolute atomic E-state index is 10.8. The van der Waals surface area contributed by atoms with Gasteiger partial charge < -0.3 is 5.32 Å². The largest absolute Gasteiger partial charge is 0.326 e. The lowest BCUT2D eigenvalue weighted by atomic mass is 10.1. The zero-order valence-corrected chi connectivity index (χ0v) is 8.98. The van der Waals surface area contributed by atoms with E-state index in [1.165, 1.54) is 6.92 Å². The van der Waals surface area contributed by atoms with Crippen LogP contribution < -0.4 is 5.32 Å². The van der Waals surface area contributed by atoms with E-state index in [1.807, 2.05) is 13.0 Å². The third-order valence-electron chi connectivity index (χ3n) is 1.75. The maximum Gasteiger partial charge on any atom is 0.221 e. The van der Waals surface area contributed by atoms with Gasteiger partial charge in [0, 0.05) is 12.6 Å². The van der Waals surface area contributed by atoms with Gasteiger partial charge in [0.25, 0.3) is 0 Å². The second kappa shape index (κ2) is 4.29. The Morgan fingerprint density at radius 3 is 2.50 bits per heavy atom. The average molecular weight is 210 g/mol. The topological polar surface area (TPSA) is 29.1 Å². The number of hydrogen-bond donors (Lipinski definition) is 1. The number of nitrogens with one attached hydrogen (secondary N) is 1. The van der Waals surface area contributed by atoms with Crippen LogP contribution in [0.15, 0.2) is 24.8 Å². The minimum absolute atomic E-state index is 0.107. The van der Waals surface area contributed by atoms with Crippen molar-refractivity contribution in [3.8, 4) is 0 Å². The predicted octanol–water partition coefficient (Wildman–Crippen LogP) is 3.33. The number of anilines is 1. The molecule has 0 saturated heterocycles. The first-order valence-corrected chi connectivity index (χ1v) is 4.61. The summed E-state index contributed by atoms with van der Waals surface area (Å²) in [5.41, 5.74) is 2.51. The molecule has 0 aromatic heterocycles. The molecule has 0 saturated carbocycles. The molecule has 1 aromatic rings. The van der Waals surface area contributed by atoms with Crippen LogP contribution in [0.2, 0.25) is 5.02 Å². The Balaban J connectivity index is 3.00. The van der Waals surface area contributed by atoms with E-state index in [4.69, 9.17) is 11.6 Å². The number of hydrogen-bond acceptors (Lipinski definition) is 1. The number of benzene rings is 1. The standard InChI is InChI=1S/C11H12ClNO/c1-7(2)10-5-4-9(6-11(10)12)13-8(3)14/h4-6H,1H2,2-3H3,(H,13,14). The number of halogens is 1. The van der Waals surface area contributed by atoms with E-state index in [0.717, 1.165) is 11.1 Å². The molecule has 1 N–H and O–H groups in total. The van der Waals surface area contributed by atoms with E-state index < -0.39 is 0 Å². The van der Waals surface area contributed by atoms with Crippen molar-refractivity contribution in [1.29, 1.82) is 0 Å². The highest BCUT2D eigenvalue weighted by molar-refractivity contribution is 6.32. The van der Waals surface area contributed by atoms with E-state index in [-0.39, 0.29) is 5.91 Å². The molecule has 1 aromatic carbocycles. The first-order valence-electron chi connectivity index (χ1n) is 4.23. The lowest BCUT2D eigenvalue weighted by Gasteiger charge is -2.06. The normalized spacial score (nSPS) is 9.64. The van der Waals surface area contributed by atoms with Gasteiger partial charge in [-0.15, -0.1) is 0 Å². The molecule has 0 aliphatic rings. The molecule has 3 heteroatoms. The van der Waals surface area contributed by atoms with Crippen molar-refractivity contribution in [3.05, 3.63) is 35.4 Å². The summed E-state index contributed by atoms with van der Waals surface area (Å²) >= 11 is 6.00.